The van der Waals surface area contributed by atoms with Gasteiger partial charge in [0.2, 0.25) is 10.0 Å². The van der Waals surface area contributed by atoms with E-state index >= 15 is 0 Å². The summed E-state index contributed by atoms with van der Waals surface area (Å²) in [6.07, 6.45) is 4.27. The van der Waals surface area contributed by atoms with Crippen LogP contribution in [-0.2, 0) is 14.8 Å². The molecular formula is C26H32N2O4S2. The van der Waals surface area contributed by atoms with E-state index in [1.54, 1.807) is 29.5 Å². The number of piperidine rings is 1. The van der Waals surface area contributed by atoms with Crippen molar-refractivity contribution in [3.8, 4) is 5.75 Å². The Labute approximate surface area is 206 Å². The standard InChI is InChI=1S/C26H32N2O4S2/c1-34(29,30)27-23-11-5-6-12-24(23)31-19-8-16-28-17-14-22(15-18-28)32-26(25-13-7-20-33-25)21-9-3-2-4-10-21/h2-7,9-13,20,22,26-27H,8,14-19H2,1H3. The average molecular weight is 501 g/mol. The highest BCUT2D eigenvalue weighted by molar-refractivity contribution is 7.92. The van der Waals surface area contributed by atoms with Gasteiger partial charge in [-0.15, -0.1) is 11.3 Å². The molecule has 0 radical (unpaired) electrons. The van der Waals surface area contributed by atoms with Crippen LogP contribution in [0.15, 0.2) is 72.1 Å². The number of para-hydroxylation sites is 2. The largest absolute Gasteiger partial charge is 0.491 e. The van der Waals surface area contributed by atoms with E-state index in [0.717, 1.165) is 45.2 Å². The third kappa shape index (κ3) is 7.30. The maximum atomic E-state index is 11.5. The zero-order valence-corrected chi connectivity index (χ0v) is 21.1. The summed E-state index contributed by atoms with van der Waals surface area (Å²) in [6.45, 7) is 3.49. The van der Waals surface area contributed by atoms with E-state index in [1.165, 1.54) is 10.4 Å². The van der Waals surface area contributed by atoms with Crippen LogP contribution >= 0.6 is 11.3 Å². The van der Waals surface area contributed by atoms with E-state index in [4.69, 9.17) is 9.47 Å². The molecule has 8 heteroatoms. The molecular weight excluding hydrogens is 468 g/mol. The topological polar surface area (TPSA) is 67.9 Å². The van der Waals surface area contributed by atoms with Crippen molar-refractivity contribution in [2.45, 2.75) is 31.5 Å². The number of anilines is 1. The molecule has 0 aliphatic carbocycles. The molecule has 2 heterocycles. The summed E-state index contributed by atoms with van der Waals surface area (Å²) in [5.41, 5.74) is 1.68. The minimum Gasteiger partial charge on any atom is -0.491 e. The van der Waals surface area contributed by atoms with E-state index in [0.29, 0.717) is 18.0 Å². The Kier molecular flexibility index (Phi) is 8.61. The predicted octanol–water partition coefficient (Wildman–Crippen LogP) is 5.16. The number of thiophene rings is 1. The van der Waals surface area contributed by atoms with Crippen molar-refractivity contribution in [3.05, 3.63) is 82.6 Å². The minimum absolute atomic E-state index is 0.00763. The number of sulfonamides is 1. The Morgan fingerprint density at radius 1 is 1.03 bits per heavy atom. The molecule has 1 N–H and O–H groups in total. The van der Waals surface area contributed by atoms with Gasteiger partial charge in [0.15, 0.2) is 0 Å². The van der Waals surface area contributed by atoms with Gasteiger partial charge in [-0.3, -0.25) is 4.72 Å². The first kappa shape index (κ1) is 24.7. The van der Waals surface area contributed by atoms with Crippen LogP contribution in [0.2, 0.25) is 0 Å². The summed E-state index contributed by atoms with van der Waals surface area (Å²) >= 11 is 1.74. The lowest BCUT2D eigenvalue weighted by molar-refractivity contribution is -0.0260. The Hall–Kier alpha value is -2.39. The Bertz CT molecular complexity index is 1110. The molecule has 0 saturated carbocycles. The summed E-state index contributed by atoms with van der Waals surface area (Å²) in [4.78, 5) is 3.70. The van der Waals surface area contributed by atoms with Crippen LogP contribution in [-0.4, -0.2) is 51.9 Å². The number of rotatable bonds is 11. The second-order valence-corrected chi connectivity index (χ2v) is 11.3. The van der Waals surface area contributed by atoms with Crippen LogP contribution in [0.5, 0.6) is 5.75 Å². The van der Waals surface area contributed by atoms with Crippen molar-refractivity contribution in [2.24, 2.45) is 0 Å². The van der Waals surface area contributed by atoms with Gasteiger partial charge in [0.1, 0.15) is 11.9 Å². The van der Waals surface area contributed by atoms with Gasteiger partial charge in [-0.1, -0.05) is 48.5 Å². The van der Waals surface area contributed by atoms with Crippen LogP contribution in [0, 0.1) is 0 Å². The average Bonchev–Trinajstić information content (AvgIpc) is 3.36. The predicted molar refractivity (Wildman–Crippen MR) is 138 cm³/mol. The molecule has 1 saturated heterocycles. The number of ether oxygens (including phenoxy) is 2. The first-order valence-corrected chi connectivity index (χ1v) is 14.4. The second-order valence-electron chi connectivity index (χ2n) is 8.56. The maximum Gasteiger partial charge on any atom is 0.229 e. The highest BCUT2D eigenvalue weighted by Gasteiger charge is 2.25. The Morgan fingerprint density at radius 2 is 1.76 bits per heavy atom. The molecule has 1 aromatic heterocycles. The summed E-state index contributed by atoms with van der Waals surface area (Å²) in [5, 5.41) is 2.11. The summed E-state index contributed by atoms with van der Waals surface area (Å²) in [5.74, 6) is 0.556. The van der Waals surface area contributed by atoms with Gasteiger partial charge in [-0.2, -0.15) is 0 Å². The van der Waals surface area contributed by atoms with E-state index in [2.05, 4.69) is 51.4 Å². The maximum absolute atomic E-state index is 11.5. The van der Waals surface area contributed by atoms with Crippen LogP contribution < -0.4 is 9.46 Å². The molecule has 1 aliphatic heterocycles. The van der Waals surface area contributed by atoms with Crippen molar-refractivity contribution in [1.29, 1.82) is 0 Å². The van der Waals surface area contributed by atoms with Crippen molar-refractivity contribution < 1.29 is 17.9 Å². The van der Waals surface area contributed by atoms with Crippen molar-refractivity contribution in [2.75, 3.05) is 37.2 Å². The van der Waals surface area contributed by atoms with Crippen LogP contribution in [0.1, 0.15) is 35.8 Å². The Morgan fingerprint density at radius 3 is 2.47 bits per heavy atom. The molecule has 4 rings (SSSR count). The Balaban J connectivity index is 1.22. The number of hydrogen-bond donors (Lipinski definition) is 1. The monoisotopic (exact) mass is 500 g/mol. The summed E-state index contributed by atoms with van der Waals surface area (Å²) in [7, 11) is -3.34. The lowest BCUT2D eigenvalue weighted by Crippen LogP contribution is -2.38. The molecule has 0 spiro atoms. The molecule has 1 atom stereocenters. The fourth-order valence-electron chi connectivity index (χ4n) is 4.19. The molecule has 3 aromatic rings. The molecule has 0 bridgehead atoms. The molecule has 2 aromatic carbocycles. The molecule has 0 amide bonds. The number of benzene rings is 2. The van der Waals surface area contributed by atoms with Gasteiger partial charge in [0.05, 0.1) is 24.7 Å². The molecule has 1 fully saturated rings. The third-order valence-electron chi connectivity index (χ3n) is 5.83. The second kappa shape index (κ2) is 11.8. The van der Waals surface area contributed by atoms with Crippen LogP contribution in [0.4, 0.5) is 5.69 Å². The van der Waals surface area contributed by atoms with Gasteiger partial charge in [-0.05, 0) is 48.4 Å². The minimum atomic E-state index is -3.34. The lowest BCUT2D eigenvalue weighted by Gasteiger charge is -2.34. The zero-order chi connectivity index (χ0) is 23.8. The van der Waals surface area contributed by atoms with Crippen molar-refractivity contribution >= 4 is 27.0 Å². The summed E-state index contributed by atoms with van der Waals surface area (Å²) < 4.78 is 38.1. The number of hydrogen-bond acceptors (Lipinski definition) is 6. The first-order valence-electron chi connectivity index (χ1n) is 11.6. The van der Waals surface area contributed by atoms with Gasteiger partial charge >= 0.3 is 0 Å². The molecule has 34 heavy (non-hydrogen) atoms. The number of nitrogens with one attached hydrogen (secondary N) is 1. The first-order chi connectivity index (χ1) is 16.5. The van der Waals surface area contributed by atoms with Gasteiger partial charge in [0.25, 0.3) is 0 Å². The SMILES string of the molecule is CS(=O)(=O)Nc1ccccc1OCCCN1CCC(OC(c2ccccc2)c2cccs2)CC1. The third-order valence-corrected chi connectivity index (χ3v) is 7.33. The number of nitrogens with zero attached hydrogens (tertiary/aromatic N) is 1. The van der Waals surface area contributed by atoms with Crippen molar-refractivity contribution in [3.63, 3.8) is 0 Å². The van der Waals surface area contributed by atoms with Crippen LogP contribution in [0.25, 0.3) is 0 Å². The van der Waals surface area contributed by atoms with E-state index in [9.17, 15) is 8.42 Å². The lowest BCUT2D eigenvalue weighted by atomic mass is 10.0. The molecule has 1 aliphatic rings. The van der Waals surface area contributed by atoms with Crippen LogP contribution in [0.3, 0.4) is 0 Å². The van der Waals surface area contributed by atoms with Gasteiger partial charge in [-0.25, -0.2) is 8.42 Å². The fraction of sp³-hybridized carbons (Fsp3) is 0.385. The normalized spacial score (nSPS) is 16.3. The fourth-order valence-corrected chi connectivity index (χ4v) is 5.54. The highest BCUT2D eigenvalue weighted by atomic mass is 32.2. The highest BCUT2D eigenvalue weighted by Crippen LogP contribution is 2.32. The zero-order valence-electron chi connectivity index (χ0n) is 19.4. The van der Waals surface area contributed by atoms with Gasteiger partial charge < -0.3 is 14.4 Å². The molecule has 1 unspecified atom stereocenters. The van der Waals surface area contributed by atoms with E-state index in [1.807, 2.05) is 12.1 Å². The van der Waals surface area contributed by atoms with Crippen molar-refractivity contribution in [1.82, 2.24) is 4.90 Å². The number of likely N-dealkylation sites (tertiary alicyclic amines) is 1. The molecule has 182 valence electrons. The summed E-state index contributed by atoms with van der Waals surface area (Å²) in [6, 6.07) is 21.8. The quantitative estimate of drug-likeness (QED) is 0.369. The van der Waals surface area contributed by atoms with E-state index < -0.39 is 10.0 Å². The molecule has 6 nitrogen and oxygen atoms in total. The van der Waals surface area contributed by atoms with Gasteiger partial charge in [0, 0.05) is 24.5 Å². The smallest absolute Gasteiger partial charge is 0.229 e. The van der Waals surface area contributed by atoms with E-state index in [-0.39, 0.29) is 12.2 Å².